The van der Waals surface area contributed by atoms with Gasteiger partial charge < -0.3 is 10.4 Å². The van der Waals surface area contributed by atoms with Gasteiger partial charge in [0.15, 0.2) is 0 Å². The van der Waals surface area contributed by atoms with E-state index in [1.807, 2.05) is 43.6 Å². The quantitative estimate of drug-likeness (QED) is 0.541. The highest BCUT2D eigenvalue weighted by molar-refractivity contribution is 6.02. The number of anilines is 1. The lowest BCUT2D eigenvalue weighted by Gasteiger charge is -2.30. The molecule has 2 aromatic heterocycles. The molecule has 33 heavy (non-hydrogen) atoms. The van der Waals surface area contributed by atoms with Gasteiger partial charge in [0.05, 0.1) is 12.1 Å². The second-order valence-electron chi connectivity index (χ2n) is 8.30. The van der Waals surface area contributed by atoms with Crippen LogP contribution in [0.5, 0.6) is 0 Å². The van der Waals surface area contributed by atoms with E-state index in [0.29, 0.717) is 18.8 Å². The van der Waals surface area contributed by atoms with Crippen molar-refractivity contribution in [3.8, 4) is 11.1 Å². The number of carbonyl (C=O) groups excluding carboxylic acids is 1. The fourth-order valence-corrected chi connectivity index (χ4v) is 4.06. The first-order chi connectivity index (χ1) is 16.0. The minimum absolute atomic E-state index is 0.232. The zero-order chi connectivity index (χ0) is 23.2. The summed E-state index contributed by atoms with van der Waals surface area (Å²) in [5, 5.41) is 16.3. The Morgan fingerprint density at radius 3 is 2.76 bits per heavy atom. The minimum atomic E-state index is -0.718. The number of hydrogen-bond donors (Lipinski definition) is 2. The molecule has 170 valence electrons. The number of benzene rings is 1. The van der Waals surface area contributed by atoms with Crippen LogP contribution >= 0.6 is 0 Å². The van der Waals surface area contributed by atoms with Crippen molar-refractivity contribution in [3.63, 3.8) is 0 Å². The SMILES string of the molecule is Cn1cc(-c2ccncc2C=CC(=O)Nc2ccc(CN3CCCC(C(=O)O)C3)cc2)cn1. The van der Waals surface area contributed by atoms with Crippen molar-refractivity contribution >= 4 is 23.6 Å². The van der Waals surface area contributed by atoms with Crippen molar-refractivity contribution in [2.45, 2.75) is 19.4 Å². The Morgan fingerprint density at radius 1 is 1.21 bits per heavy atom. The Kier molecular flexibility index (Phi) is 6.95. The predicted molar refractivity (Wildman–Crippen MR) is 126 cm³/mol. The molecule has 8 heteroatoms. The van der Waals surface area contributed by atoms with Gasteiger partial charge >= 0.3 is 5.97 Å². The molecule has 1 aliphatic heterocycles. The van der Waals surface area contributed by atoms with E-state index < -0.39 is 5.97 Å². The maximum Gasteiger partial charge on any atom is 0.307 e. The van der Waals surface area contributed by atoms with Crippen LogP contribution < -0.4 is 5.32 Å². The Bertz CT molecular complexity index is 1150. The summed E-state index contributed by atoms with van der Waals surface area (Å²) in [4.78, 5) is 30.0. The van der Waals surface area contributed by atoms with Crippen molar-refractivity contribution in [2.75, 3.05) is 18.4 Å². The molecule has 1 atom stereocenters. The summed E-state index contributed by atoms with van der Waals surface area (Å²) in [6, 6.07) is 9.56. The topological polar surface area (TPSA) is 100 Å². The van der Waals surface area contributed by atoms with Gasteiger partial charge in [-0.25, -0.2) is 0 Å². The number of pyridine rings is 1. The van der Waals surface area contributed by atoms with Gasteiger partial charge in [-0.3, -0.25) is 24.2 Å². The third-order valence-electron chi connectivity index (χ3n) is 5.76. The molecule has 8 nitrogen and oxygen atoms in total. The number of aryl methyl sites for hydroxylation is 1. The van der Waals surface area contributed by atoms with Gasteiger partial charge in [-0.15, -0.1) is 0 Å². The van der Waals surface area contributed by atoms with Crippen LogP contribution in [0.15, 0.2) is 61.2 Å². The van der Waals surface area contributed by atoms with Gasteiger partial charge in [-0.2, -0.15) is 5.10 Å². The van der Waals surface area contributed by atoms with Crippen LogP contribution in [0, 0.1) is 5.92 Å². The maximum atomic E-state index is 12.4. The first-order valence-electron chi connectivity index (χ1n) is 10.9. The normalized spacial score (nSPS) is 16.7. The summed E-state index contributed by atoms with van der Waals surface area (Å²) in [6.07, 6.45) is 12.0. The van der Waals surface area contributed by atoms with Crippen LogP contribution in [0.4, 0.5) is 5.69 Å². The van der Waals surface area contributed by atoms with E-state index in [-0.39, 0.29) is 11.8 Å². The standard InChI is InChI=1S/C25H27N5O3/c1-29-16-21(14-27-29)23-10-11-26-13-19(23)6-9-24(31)28-22-7-4-18(5-8-22)15-30-12-2-3-20(17-30)25(32)33/h4-11,13-14,16,20H,2-3,12,15,17H2,1H3,(H,28,31)(H,32,33). The first-order valence-corrected chi connectivity index (χ1v) is 10.9. The molecule has 0 saturated carbocycles. The van der Waals surface area contributed by atoms with Gasteiger partial charge in [0.2, 0.25) is 5.91 Å². The second kappa shape index (κ2) is 10.2. The molecule has 3 heterocycles. The van der Waals surface area contributed by atoms with E-state index in [0.717, 1.165) is 41.6 Å². The second-order valence-corrected chi connectivity index (χ2v) is 8.30. The zero-order valence-electron chi connectivity index (χ0n) is 18.5. The highest BCUT2D eigenvalue weighted by Gasteiger charge is 2.25. The summed E-state index contributed by atoms with van der Waals surface area (Å²) < 4.78 is 1.73. The van der Waals surface area contributed by atoms with E-state index in [2.05, 4.69) is 20.3 Å². The van der Waals surface area contributed by atoms with Crippen molar-refractivity contribution in [2.24, 2.45) is 13.0 Å². The third kappa shape index (κ3) is 5.93. The highest BCUT2D eigenvalue weighted by Crippen LogP contribution is 2.23. The maximum absolute atomic E-state index is 12.4. The van der Waals surface area contributed by atoms with Crippen LogP contribution in [-0.2, 0) is 23.2 Å². The van der Waals surface area contributed by atoms with E-state index in [4.69, 9.17) is 0 Å². The largest absolute Gasteiger partial charge is 0.481 e. The lowest BCUT2D eigenvalue weighted by atomic mass is 9.98. The van der Waals surface area contributed by atoms with Crippen molar-refractivity contribution in [1.82, 2.24) is 19.7 Å². The Labute approximate surface area is 192 Å². The number of aliphatic carboxylic acids is 1. The minimum Gasteiger partial charge on any atom is -0.481 e. The number of nitrogens with one attached hydrogen (secondary N) is 1. The molecule has 0 spiro atoms. The molecule has 1 unspecified atom stereocenters. The molecule has 0 radical (unpaired) electrons. The molecule has 2 N–H and O–H groups in total. The number of carbonyl (C=O) groups is 2. The number of nitrogens with zero attached hydrogens (tertiary/aromatic N) is 4. The molecule has 1 aliphatic rings. The van der Waals surface area contributed by atoms with Crippen LogP contribution in [0.2, 0.25) is 0 Å². The fourth-order valence-electron chi connectivity index (χ4n) is 4.06. The third-order valence-corrected chi connectivity index (χ3v) is 5.76. The number of carboxylic acid groups (broad SMARTS) is 1. The lowest BCUT2D eigenvalue weighted by Crippen LogP contribution is -2.38. The summed E-state index contributed by atoms with van der Waals surface area (Å²) in [5.74, 6) is -1.24. The number of hydrogen-bond acceptors (Lipinski definition) is 5. The summed E-state index contributed by atoms with van der Waals surface area (Å²) in [6.45, 7) is 2.19. The van der Waals surface area contributed by atoms with Gasteiger partial charge in [-0.1, -0.05) is 12.1 Å². The number of amides is 1. The van der Waals surface area contributed by atoms with Crippen LogP contribution in [-0.4, -0.2) is 49.7 Å². The van der Waals surface area contributed by atoms with Gasteiger partial charge in [0.25, 0.3) is 0 Å². The van der Waals surface area contributed by atoms with E-state index >= 15 is 0 Å². The van der Waals surface area contributed by atoms with E-state index in [9.17, 15) is 14.7 Å². The lowest BCUT2D eigenvalue weighted by molar-refractivity contribution is -0.143. The number of aromatic nitrogens is 3. The van der Waals surface area contributed by atoms with Crippen molar-refractivity contribution in [3.05, 3.63) is 72.3 Å². The van der Waals surface area contributed by atoms with Crippen LogP contribution in [0.25, 0.3) is 17.2 Å². The van der Waals surface area contributed by atoms with Crippen molar-refractivity contribution in [1.29, 1.82) is 0 Å². The van der Waals surface area contributed by atoms with Gasteiger partial charge in [0, 0.05) is 61.6 Å². The Morgan fingerprint density at radius 2 is 2.03 bits per heavy atom. The summed E-state index contributed by atoms with van der Waals surface area (Å²) >= 11 is 0. The molecule has 1 saturated heterocycles. The Balaban J connectivity index is 1.35. The highest BCUT2D eigenvalue weighted by atomic mass is 16.4. The molecule has 1 fully saturated rings. The van der Waals surface area contributed by atoms with Gasteiger partial charge in [0.1, 0.15) is 0 Å². The molecule has 0 bridgehead atoms. The molecule has 4 rings (SSSR count). The molecule has 0 aliphatic carbocycles. The summed E-state index contributed by atoms with van der Waals surface area (Å²) in [5.41, 5.74) is 4.53. The van der Waals surface area contributed by atoms with Gasteiger partial charge in [-0.05, 0) is 54.8 Å². The smallest absolute Gasteiger partial charge is 0.307 e. The molecule has 1 amide bonds. The number of rotatable bonds is 7. The van der Waals surface area contributed by atoms with Crippen molar-refractivity contribution < 1.29 is 14.7 Å². The average Bonchev–Trinajstić information content (AvgIpc) is 3.25. The molecular weight excluding hydrogens is 418 g/mol. The monoisotopic (exact) mass is 445 g/mol. The number of carboxylic acids is 1. The first kappa shape index (κ1) is 22.4. The van der Waals surface area contributed by atoms with Crippen LogP contribution in [0.3, 0.4) is 0 Å². The number of likely N-dealkylation sites (tertiary alicyclic amines) is 1. The van der Waals surface area contributed by atoms with E-state index in [1.165, 1.54) is 6.08 Å². The summed E-state index contributed by atoms with van der Waals surface area (Å²) in [7, 11) is 1.86. The van der Waals surface area contributed by atoms with E-state index in [1.54, 1.807) is 29.3 Å². The number of piperidine rings is 1. The zero-order valence-corrected chi connectivity index (χ0v) is 18.5. The van der Waals surface area contributed by atoms with Crippen LogP contribution in [0.1, 0.15) is 24.0 Å². The predicted octanol–water partition coefficient (Wildman–Crippen LogP) is 3.43. The molecule has 1 aromatic carbocycles. The average molecular weight is 446 g/mol. The molecular formula is C25H27N5O3. The Hall–Kier alpha value is -3.78. The molecule has 3 aromatic rings. The fraction of sp³-hybridized carbons (Fsp3) is 0.280.